The number of thiophene rings is 1. The summed E-state index contributed by atoms with van der Waals surface area (Å²) in [5.74, 6) is 0.805. The van der Waals surface area contributed by atoms with E-state index in [9.17, 15) is 4.79 Å². The van der Waals surface area contributed by atoms with E-state index in [1.54, 1.807) is 23.8 Å². The second-order valence-corrected chi connectivity index (χ2v) is 7.36. The van der Waals surface area contributed by atoms with E-state index >= 15 is 0 Å². The third-order valence-electron chi connectivity index (χ3n) is 4.00. The Morgan fingerprint density at radius 3 is 2.76 bits per heavy atom. The molecule has 0 spiro atoms. The lowest BCUT2D eigenvalue weighted by Crippen LogP contribution is -2.27. The fraction of sp³-hybridized carbons (Fsp3) is 0.333. The number of hydrogen-bond acceptors (Lipinski definition) is 4. The summed E-state index contributed by atoms with van der Waals surface area (Å²) in [5.41, 5.74) is 1.67. The van der Waals surface area contributed by atoms with Gasteiger partial charge in [-0.2, -0.15) is 0 Å². The van der Waals surface area contributed by atoms with Crippen LogP contribution in [-0.4, -0.2) is 23.3 Å². The van der Waals surface area contributed by atoms with Crippen molar-refractivity contribution in [3.8, 4) is 11.1 Å². The van der Waals surface area contributed by atoms with Gasteiger partial charge in [-0.15, -0.1) is 11.3 Å². The lowest BCUT2D eigenvalue weighted by Gasteiger charge is -2.12. The molecule has 0 aliphatic carbocycles. The fourth-order valence-electron chi connectivity index (χ4n) is 2.77. The molecule has 0 atom stereocenters. The third kappa shape index (κ3) is 3.60. The number of nitrogens with zero attached hydrogens (tertiary/aromatic N) is 2. The van der Waals surface area contributed by atoms with E-state index in [-0.39, 0.29) is 5.56 Å². The van der Waals surface area contributed by atoms with E-state index in [1.165, 1.54) is 11.3 Å². The third-order valence-corrected chi connectivity index (χ3v) is 5.61. The highest BCUT2D eigenvalue weighted by Gasteiger charge is 2.17. The second kappa shape index (κ2) is 7.87. The number of rotatable bonds is 6. The van der Waals surface area contributed by atoms with E-state index in [4.69, 9.17) is 32.9 Å². The fourth-order valence-corrected chi connectivity index (χ4v) is 4.02. The van der Waals surface area contributed by atoms with E-state index in [2.05, 4.69) is 6.92 Å². The van der Waals surface area contributed by atoms with Crippen LogP contribution in [0.3, 0.4) is 0 Å². The van der Waals surface area contributed by atoms with E-state index < -0.39 is 0 Å². The molecular formula is C18H18Cl2N2O2S. The van der Waals surface area contributed by atoms with Gasteiger partial charge in [0.2, 0.25) is 0 Å². The van der Waals surface area contributed by atoms with Gasteiger partial charge in [0.15, 0.2) is 0 Å². The second-order valence-electron chi connectivity index (χ2n) is 5.69. The predicted octanol–water partition coefficient (Wildman–Crippen LogP) is 5.03. The van der Waals surface area contributed by atoms with Crippen LogP contribution in [0.25, 0.3) is 21.3 Å². The van der Waals surface area contributed by atoms with Gasteiger partial charge in [-0.05, 0) is 24.1 Å². The lowest BCUT2D eigenvalue weighted by molar-refractivity contribution is 0.185. The van der Waals surface area contributed by atoms with Gasteiger partial charge in [0.05, 0.1) is 28.6 Å². The number of aromatic nitrogens is 2. The smallest absolute Gasteiger partial charge is 0.262 e. The Bertz CT molecular complexity index is 966. The van der Waals surface area contributed by atoms with E-state index in [1.807, 2.05) is 11.4 Å². The Morgan fingerprint density at radius 2 is 2.08 bits per heavy atom. The predicted molar refractivity (Wildman–Crippen MR) is 105 cm³/mol. The van der Waals surface area contributed by atoms with Gasteiger partial charge in [-0.1, -0.05) is 36.2 Å². The molecule has 0 bridgehead atoms. The maximum Gasteiger partial charge on any atom is 0.262 e. The molecule has 2 heterocycles. The molecule has 0 amide bonds. The van der Waals surface area contributed by atoms with Crippen molar-refractivity contribution in [1.29, 1.82) is 0 Å². The molecular weight excluding hydrogens is 379 g/mol. The molecule has 0 saturated heterocycles. The first-order valence-corrected chi connectivity index (χ1v) is 9.65. The van der Waals surface area contributed by atoms with Crippen molar-refractivity contribution < 1.29 is 4.74 Å². The van der Waals surface area contributed by atoms with Crippen LogP contribution in [0.4, 0.5) is 0 Å². The standard InChI is InChI=1S/C18H18Cl2N2O2S/c1-3-4-15-21-17-16(18(23)22(15)7-8-24-2)12(10-25-17)11-5-6-13(19)14(20)9-11/h5-6,9-10H,3-4,7-8H2,1-2H3. The topological polar surface area (TPSA) is 44.1 Å². The quantitative estimate of drug-likeness (QED) is 0.586. The molecule has 7 heteroatoms. The number of halogens is 2. The van der Waals surface area contributed by atoms with Crippen molar-refractivity contribution in [2.24, 2.45) is 0 Å². The maximum atomic E-state index is 13.2. The molecule has 2 aromatic heterocycles. The summed E-state index contributed by atoms with van der Waals surface area (Å²) < 4.78 is 6.88. The zero-order valence-electron chi connectivity index (χ0n) is 14.0. The summed E-state index contributed by atoms with van der Waals surface area (Å²) in [6.07, 6.45) is 1.69. The summed E-state index contributed by atoms with van der Waals surface area (Å²) in [6.45, 7) is 3.03. The molecule has 132 valence electrons. The summed E-state index contributed by atoms with van der Waals surface area (Å²) in [4.78, 5) is 18.6. The number of aryl methyl sites for hydroxylation is 1. The van der Waals surface area contributed by atoms with Crippen molar-refractivity contribution in [2.45, 2.75) is 26.3 Å². The number of methoxy groups -OCH3 is 1. The zero-order chi connectivity index (χ0) is 18.0. The molecule has 25 heavy (non-hydrogen) atoms. The summed E-state index contributed by atoms with van der Waals surface area (Å²) in [6, 6.07) is 5.39. The van der Waals surface area contributed by atoms with Crippen LogP contribution in [-0.2, 0) is 17.7 Å². The van der Waals surface area contributed by atoms with Gasteiger partial charge < -0.3 is 4.74 Å². The average Bonchev–Trinajstić information content (AvgIpc) is 3.01. The monoisotopic (exact) mass is 396 g/mol. The maximum absolute atomic E-state index is 13.2. The van der Waals surface area contributed by atoms with E-state index in [0.717, 1.165) is 34.6 Å². The highest BCUT2D eigenvalue weighted by molar-refractivity contribution is 7.17. The number of fused-ring (bicyclic) bond motifs is 1. The molecule has 0 fully saturated rings. The SMILES string of the molecule is CCCc1nc2scc(-c3ccc(Cl)c(Cl)c3)c2c(=O)n1CCOC. The Kier molecular flexibility index (Phi) is 5.79. The Balaban J connectivity index is 2.22. The van der Waals surface area contributed by atoms with Crippen LogP contribution in [0.5, 0.6) is 0 Å². The molecule has 0 aliphatic heterocycles. The van der Waals surface area contributed by atoms with Crippen molar-refractivity contribution >= 4 is 44.8 Å². The molecule has 4 nitrogen and oxygen atoms in total. The van der Waals surface area contributed by atoms with Crippen LogP contribution >= 0.6 is 34.5 Å². The minimum absolute atomic E-state index is 0.0344. The molecule has 0 saturated carbocycles. The highest BCUT2D eigenvalue weighted by Crippen LogP contribution is 2.34. The molecule has 1 aromatic carbocycles. The van der Waals surface area contributed by atoms with Gasteiger partial charge >= 0.3 is 0 Å². The first-order chi connectivity index (χ1) is 12.1. The Hall–Kier alpha value is -1.40. The van der Waals surface area contributed by atoms with Crippen LogP contribution in [0.2, 0.25) is 10.0 Å². The van der Waals surface area contributed by atoms with E-state index in [0.29, 0.717) is 28.6 Å². The Labute approximate surface area is 160 Å². The zero-order valence-corrected chi connectivity index (χ0v) is 16.3. The number of ether oxygens (including phenoxy) is 1. The molecule has 0 unspecified atom stereocenters. The average molecular weight is 397 g/mol. The van der Waals surface area contributed by atoms with Crippen molar-refractivity contribution in [2.75, 3.05) is 13.7 Å². The van der Waals surface area contributed by atoms with Crippen LogP contribution in [0, 0.1) is 0 Å². The van der Waals surface area contributed by atoms with Crippen molar-refractivity contribution in [1.82, 2.24) is 9.55 Å². The van der Waals surface area contributed by atoms with Gasteiger partial charge in [0.25, 0.3) is 5.56 Å². The molecule has 0 radical (unpaired) electrons. The van der Waals surface area contributed by atoms with Crippen LogP contribution < -0.4 is 5.56 Å². The Morgan fingerprint density at radius 1 is 1.28 bits per heavy atom. The summed E-state index contributed by atoms with van der Waals surface area (Å²) in [5, 5.41) is 3.54. The molecule has 0 N–H and O–H groups in total. The normalized spacial score (nSPS) is 11.4. The minimum atomic E-state index is -0.0344. The largest absolute Gasteiger partial charge is 0.383 e. The minimum Gasteiger partial charge on any atom is -0.383 e. The molecule has 0 aliphatic rings. The summed E-state index contributed by atoms with van der Waals surface area (Å²) >= 11 is 13.6. The number of hydrogen-bond donors (Lipinski definition) is 0. The molecule has 3 aromatic rings. The van der Waals surface area contributed by atoms with Crippen molar-refractivity contribution in [3.63, 3.8) is 0 Å². The first kappa shape index (κ1) is 18.4. The van der Waals surface area contributed by atoms with Gasteiger partial charge in [-0.25, -0.2) is 4.98 Å². The lowest BCUT2D eigenvalue weighted by atomic mass is 10.1. The first-order valence-electron chi connectivity index (χ1n) is 8.02. The van der Waals surface area contributed by atoms with Crippen molar-refractivity contribution in [3.05, 3.63) is 49.8 Å². The highest BCUT2D eigenvalue weighted by atomic mass is 35.5. The van der Waals surface area contributed by atoms with Crippen LogP contribution in [0.15, 0.2) is 28.4 Å². The van der Waals surface area contributed by atoms with Crippen LogP contribution in [0.1, 0.15) is 19.2 Å². The van der Waals surface area contributed by atoms with Gasteiger partial charge in [-0.3, -0.25) is 9.36 Å². The summed E-state index contributed by atoms with van der Waals surface area (Å²) in [7, 11) is 1.63. The molecule has 3 rings (SSSR count). The van der Waals surface area contributed by atoms with Gasteiger partial charge in [0, 0.05) is 24.5 Å². The van der Waals surface area contributed by atoms with Gasteiger partial charge in [0.1, 0.15) is 10.7 Å². The number of benzene rings is 1.